The molecule has 0 saturated carbocycles. The first-order valence-electron chi connectivity index (χ1n) is 11.5. The molecule has 0 unspecified atom stereocenters. The smallest absolute Gasteiger partial charge is 0.259 e. The SMILES string of the molecule is CC(C)(O)c1ccc(N2CCN(CCNc3nc(N)n4nc(-c5ccco5)nc4n3)CC2)c(F)c1. The molecule has 12 heteroatoms. The Labute approximate surface area is 201 Å². The molecule has 0 aliphatic carbocycles. The third-order valence-electron chi connectivity index (χ3n) is 6.05. The highest BCUT2D eigenvalue weighted by molar-refractivity contribution is 5.53. The average Bonchev–Trinajstić information content (AvgIpc) is 3.49. The molecule has 0 atom stereocenters. The highest BCUT2D eigenvalue weighted by atomic mass is 19.1. The molecule has 11 nitrogen and oxygen atoms in total. The normalized spacial score (nSPS) is 15.1. The Kier molecular flexibility index (Phi) is 5.99. The van der Waals surface area contributed by atoms with Crippen molar-refractivity contribution in [2.24, 2.45) is 0 Å². The van der Waals surface area contributed by atoms with E-state index in [1.807, 2.05) is 4.90 Å². The third-order valence-corrected chi connectivity index (χ3v) is 6.05. The van der Waals surface area contributed by atoms with Gasteiger partial charge in [-0.3, -0.25) is 4.90 Å². The molecule has 0 radical (unpaired) electrons. The minimum absolute atomic E-state index is 0.175. The lowest BCUT2D eigenvalue weighted by Gasteiger charge is -2.36. The molecule has 35 heavy (non-hydrogen) atoms. The van der Waals surface area contributed by atoms with E-state index in [4.69, 9.17) is 10.2 Å². The molecule has 0 bridgehead atoms. The number of nitrogen functional groups attached to an aromatic ring is 1. The number of piperazine rings is 1. The number of nitrogens with one attached hydrogen (secondary N) is 1. The maximum atomic E-state index is 14.7. The largest absolute Gasteiger partial charge is 0.461 e. The van der Waals surface area contributed by atoms with Crippen molar-refractivity contribution in [3.63, 3.8) is 0 Å². The van der Waals surface area contributed by atoms with Gasteiger partial charge in [0.25, 0.3) is 5.78 Å². The highest BCUT2D eigenvalue weighted by Gasteiger charge is 2.22. The first kappa shape index (κ1) is 23.0. The van der Waals surface area contributed by atoms with Crippen molar-refractivity contribution in [2.75, 3.05) is 55.2 Å². The number of benzene rings is 1. The summed E-state index contributed by atoms with van der Waals surface area (Å²) in [4.78, 5) is 17.3. The van der Waals surface area contributed by atoms with Gasteiger partial charge in [0.1, 0.15) is 5.82 Å². The van der Waals surface area contributed by atoms with E-state index in [-0.39, 0.29) is 11.8 Å². The number of fused-ring (bicyclic) bond motifs is 1. The summed E-state index contributed by atoms with van der Waals surface area (Å²) in [5.74, 6) is 1.48. The molecule has 1 saturated heterocycles. The predicted octanol–water partition coefficient (Wildman–Crippen LogP) is 1.96. The molecule has 184 valence electrons. The van der Waals surface area contributed by atoms with Crippen LogP contribution in [-0.4, -0.2) is 73.8 Å². The summed E-state index contributed by atoms with van der Waals surface area (Å²) in [6.45, 7) is 7.70. The molecule has 5 rings (SSSR count). The maximum absolute atomic E-state index is 14.7. The van der Waals surface area contributed by atoms with Gasteiger partial charge in [0.15, 0.2) is 5.76 Å². The second kappa shape index (κ2) is 9.12. The molecule has 4 heterocycles. The lowest BCUT2D eigenvalue weighted by atomic mass is 9.98. The number of aromatic nitrogens is 5. The molecule has 4 N–H and O–H groups in total. The first-order valence-corrected chi connectivity index (χ1v) is 11.5. The van der Waals surface area contributed by atoms with Crippen molar-refractivity contribution in [2.45, 2.75) is 19.4 Å². The molecule has 1 aliphatic rings. The van der Waals surface area contributed by atoms with Crippen LogP contribution in [0.4, 0.5) is 22.0 Å². The molecule has 1 aromatic carbocycles. The van der Waals surface area contributed by atoms with E-state index in [0.29, 0.717) is 54.2 Å². The van der Waals surface area contributed by atoms with Gasteiger partial charge in [-0.15, -0.1) is 5.10 Å². The van der Waals surface area contributed by atoms with Crippen LogP contribution in [0.25, 0.3) is 17.4 Å². The number of hydrogen-bond donors (Lipinski definition) is 3. The zero-order chi connectivity index (χ0) is 24.6. The molecular formula is C23H28FN9O2. The summed E-state index contributed by atoms with van der Waals surface area (Å²) in [6, 6.07) is 8.47. The first-order chi connectivity index (χ1) is 16.8. The van der Waals surface area contributed by atoms with E-state index in [2.05, 4.69) is 30.3 Å². The number of nitrogens with zero attached hydrogens (tertiary/aromatic N) is 7. The zero-order valence-corrected chi connectivity index (χ0v) is 19.6. The number of nitrogens with two attached hydrogens (primary N) is 1. The van der Waals surface area contributed by atoms with E-state index >= 15 is 0 Å². The fourth-order valence-electron chi connectivity index (χ4n) is 4.08. The van der Waals surface area contributed by atoms with Crippen LogP contribution in [0.2, 0.25) is 0 Å². The van der Waals surface area contributed by atoms with Crippen molar-refractivity contribution >= 4 is 23.4 Å². The summed E-state index contributed by atoms with van der Waals surface area (Å²) >= 11 is 0. The van der Waals surface area contributed by atoms with Crippen LogP contribution in [0.5, 0.6) is 0 Å². The van der Waals surface area contributed by atoms with Crippen molar-refractivity contribution in [3.8, 4) is 11.6 Å². The Morgan fingerprint density at radius 2 is 1.94 bits per heavy atom. The quantitative estimate of drug-likeness (QED) is 0.360. The van der Waals surface area contributed by atoms with E-state index < -0.39 is 5.60 Å². The molecular weight excluding hydrogens is 453 g/mol. The van der Waals surface area contributed by atoms with E-state index in [1.54, 1.807) is 44.4 Å². The van der Waals surface area contributed by atoms with E-state index in [0.717, 1.165) is 19.6 Å². The lowest BCUT2D eigenvalue weighted by Crippen LogP contribution is -2.48. The molecule has 1 fully saturated rings. The Bertz CT molecular complexity index is 1310. The lowest BCUT2D eigenvalue weighted by molar-refractivity contribution is 0.0782. The minimum Gasteiger partial charge on any atom is -0.461 e. The second-order valence-corrected chi connectivity index (χ2v) is 9.01. The number of anilines is 3. The minimum atomic E-state index is -1.07. The number of furan rings is 1. The van der Waals surface area contributed by atoms with E-state index in [1.165, 1.54) is 10.6 Å². The van der Waals surface area contributed by atoms with Gasteiger partial charge < -0.3 is 25.5 Å². The Morgan fingerprint density at radius 3 is 2.63 bits per heavy atom. The fourth-order valence-corrected chi connectivity index (χ4v) is 4.08. The summed E-state index contributed by atoms with van der Waals surface area (Å²) in [7, 11) is 0. The molecule has 1 aliphatic heterocycles. The number of rotatable bonds is 7. The fraction of sp³-hybridized carbons (Fsp3) is 0.391. The summed E-state index contributed by atoms with van der Waals surface area (Å²) in [6.07, 6.45) is 1.55. The van der Waals surface area contributed by atoms with Crippen LogP contribution in [-0.2, 0) is 5.60 Å². The standard InChI is InChI=1S/C23H28FN9O2/c1-23(2,34)15-5-6-17(16(24)14-15)32-11-9-31(10-12-32)8-7-26-21-28-20(25)33-22(29-21)27-19(30-33)18-4-3-13-35-18/h3-6,13-14,34H,7-12H2,1-2H3,(H3,25,26,27,28,29,30). The van der Waals surface area contributed by atoms with Gasteiger partial charge >= 0.3 is 0 Å². The molecule has 0 amide bonds. The zero-order valence-electron chi connectivity index (χ0n) is 19.6. The molecule has 4 aromatic rings. The van der Waals surface area contributed by atoms with Crippen LogP contribution in [0.1, 0.15) is 19.4 Å². The third kappa shape index (κ3) is 4.88. The Morgan fingerprint density at radius 1 is 1.14 bits per heavy atom. The van der Waals surface area contributed by atoms with Gasteiger partial charge in [0, 0.05) is 39.3 Å². The van der Waals surface area contributed by atoms with Gasteiger partial charge in [-0.2, -0.15) is 19.5 Å². The van der Waals surface area contributed by atoms with Crippen LogP contribution in [0.3, 0.4) is 0 Å². The summed E-state index contributed by atoms with van der Waals surface area (Å²) < 4.78 is 21.4. The Balaban J connectivity index is 1.15. The molecule has 0 spiro atoms. The average molecular weight is 482 g/mol. The van der Waals surface area contributed by atoms with Gasteiger partial charge in [-0.25, -0.2) is 4.39 Å². The van der Waals surface area contributed by atoms with Gasteiger partial charge in [-0.05, 0) is 43.7 Å². The van der Waals surface area contributed by atoms with Gasteiger partial charge in [0.2, 0.25) is 17.7 Å². The van der Waals surface area contributed by atoms with Crippen molar-refractivity contribution in [3.05, 3.63) is 48.0 Å². The topological polar surface area (TPSA) is 134 Å². The van der Waals surface area contributed by atoms with Gasteiger partial charge in [-0.1, -0.05) is 6.07 Å². The monoisotopic (exact) mass is 481 g/mol. The second-order valence-electron chi connectivity index (χ2n) is 9.01. The van der Waals surface area contributed by atoms with Crippen molar-refractivity contribution in [1.29, 1.82) is 0 Å². The molecule has 3 aromatic heterocycles. The van der Waals surface area contributed by atoms with Crippen LogP contribution >= 0.6 is 0 Å². The summed E-state index contributed by atoms with van der Waals surface area (Å²) in [5.41, 5.74) is 6.09. The highest BCUT2D eigenvalue weighted by Crippen LogP contribution is 2.27. The predicted molar refractivity (Wildman–Crippen MR) is 129 cm³/mol. The van der Waals surface area contributed by atoms with Crippen LogP contribution < -0.4 is 16.0 Å². The Hall–Kier alpha value is -3.77. The maximum Gasteiger partial charge on any atom is 0.259 e. The number of halogens is 1. The number of aliphatic hydroxyl groups is 1. The van der Waals surface area contributed by atoms with Crippen molar-refractivity contribution < 1.29 is 13.9 Å². The van der Waals surface area contributed by atoms with Crippen LogP contribution in [0.15, 0.2) is 41.0 Å². The van der Waals surface area contributed by atoms with E-state index in [9.17, 15) is 9.50 Å². The van der Waals surface area contributed by atoms with Gasteiger partial charge in [0.05, 0.1) is 17.6 Å². The van der Waals surface area contributed by atoms with Crippen LogP contribution in [0, 0.1) is 5.82 Å². The van der Waals surface area contributed by atoms with Crippen molar-refractivity contribution in [1.82, 2.24) is 29.5 Å². The number of hydrogen-bond acceptors (Lipinski definition) is 10. The summed E-state index contributed by atoms with van der Waals surface area (Å²) in [5, 5.41) is 17.6.